The van der Waals surface area contributed by atoms with Crippen molar-refractivity contribution < 1.29 is 27.1 Å². The number of sulfonamides is 1. The predicted molar refractivity (Wildman–Crippen MR) is 146 cm³/mol. The van der Waals surface area contributed by atoms with E-state index in [-0.39, 0.29) is 36.4 Å². The summed E-state index contributed by atoms with van der Waals surface area (Å²) in [4.78, 5) is 29.2. The number of amides is 2. The van der Waals surface area contributed by atoms with Crippen molar-refractivity contribution in [2.75, 3.05) is 18.0 Å². The lowest BCUT2D eigenvalue weighted by atomic mass is 9.93. The van der Waals surface area contributed by atoms with Crippen molar-refractivity contribution in [1.82, 2.24) is 10.0 Å². The molecule has 5 rings (SSSR count). The van der Waals surface area contributed by atoms with Gasteiger partial charge in [0.05, 0.1) is 29.7 Å². The molecule has 0 saturated carbocycles. The van der Waals surface area contributed by atoms with Crippen LogP contribution in [0, 0.1) is 11.7 Å². The lowest BCUT2D eigenvalue weighted by Crippen LogP contribution is -2.33. The van der Waals surface area contributed by atoms with Crippen LogP contribution in [0.3, 0.4) is 0 Å². The molecule has 1 fully saturated rings. The number of carbonyl (C=O) groups is 2. The molecule has 2 aliphatic heterocycles. The van der Waals surface area contributed by atoms with Crippen molar-refractivity contribution in [2.45, 2.75) is 25.6 Å². The fraction of sp³-hybridized carbons (Fsp3) is 0.250. The Balaban J connectivity index is 1.23. The van der Waals surface area contributed by atoms with Gasteiger partial charge in [-0.15, -0.1) is 0 Å². The second-order valence-electron chi connectivity index (χ2n) is 9.40. The average molecular weight is 551 g/mol. The molecule has 39 heavy (non-hydrogen) atoms. The van der Waals surface area contributed by atoms with Gasteiger partial charge in [-0.3, -0.25) is 14.7 Å². The summed E-state index contributed by atoms with van der Waals surface area (Å²) in [6.45, 7) is 1.82. The molecule has 9 nitrogen and oxygen atoms in total. The molecule has 2 heterocycles. The summed E-state index contributed by atoms with van der Waals surface area (Å²) in [6.07, 6.45) is 9.42. The molecular weight excluding hydrogens is 523 g/mol. The summed E-state index contributed by atoms with van der Waals surface area (Å²) in [5.41, 5.74) is 2.00. The van der Waals surface area contributed by atoms with E-state index in [0.29, 0.717) is 22.4 Å². The zero-order valence-corrected chi connectivity index (χ0v) is 21.9. The van der Waals surface area contributed by atoms with Gasteiger partial charge >= 0.3 is 6.09 Å². The number of allylic oxidation sites excluding steroid dienone is 3. The number of anilines is 1. The van der Waals surface area contributed by atoms with E-state index in [1.807, 2.05) is 12.2 Å². The maximum absolute atomic E-state index is 15.1. The van der Waals surface area contributed by atoms with Gasteiger partial charge in [-0.2, -0.15) is 0 Å². The van der Waals surface area contributed by atoms with Gasteiger partial charge in [0.1, 0.15) is 11.9 Å². The molecule has 2 aromatic carbocycles. The number of nitrogens with one attached hydrogen (secondary N) is 2. The molecule has 11 heteroatoms. The van der Waals surface area contributed by atoms with E-state index in [4.69, 9.17) is 4.74 Å². The van der Waals surface area contributed by atoms with E-state index in [9.17, 15) is 18.0 Å². The Bertz CT molecular complexity index is 1510. The van der Waals surface area contributed by atoms with E-state index < -0.39 is 34.1 Å². The van der Waals surface area contributed by atoms with Crippen molar-refractivity contribution >= 4 is 33.9 Å². The summed E-state index contributed by atoms with van der Waals surface area (Å²) in [5, 5.41) is 2.60. The molecule has 0 aromatic heterocycles. The van der Waals surface area contributed by atoms with Gasteiger partial charge in [-0.25, -0.2) is 22.3 Å². The van der Waals surface area contributed by atoms with Crippen LogP contribution in [0.25, 0.3) is 11.1 Å². The lowest BCUT2D eigenvalue weighted by molar-refractivity contribution is -0.119. The van der Waals surface area contributed by atoms with E-state index in [1.54, 1.807) is 60.8 Å². The van der Waals surface area contributed by atoms with Crippen molar-refractivity contribution in [3.63, 3.8) is 0 Å². The molecule has 1 saturated heterocycles. The van der Waals surface area contributed by atoms with Gasteiger partial charge in [0, 0.05) is 31.2 Å². The zero-order valence-electron chi connectivity index (χ0n) is 21.1. The highest BCUT2D eigenvalue weighted by molar-refractivity contribution is 7.93. The van der Waals surface area contributed by atoms with Crippen molar-refractivity contribution in [1.29, 1.82) is 0 Å². The van der Waals surface area contributed by atoms with E-state index in [0.717, 1.165) is 0 Å². The van der Waals surface area contributed by atoms with Gasteiger partial charge in [0.2, 0.25) is 15.9 Å². The van der Waals surface area contributed by atoms with E-state index >= 15 is 4.39 Å². The number of hydrogen-bond acceptors (Lipinski definition) is 6. The molecule has 3 atom stereocenters. The number of aliphatic imine (C=N–C) groups is 1. The van der Waals surface area contributed by atoms with Crippen molar-refractivity contribution in [2.24, 2.45) is 10.9 Å². The maximum Gasteiger partial charge on any atom is 0.414 e. The Morgan fingerprint density at radius 3 is 2.67 bits per heavy atom. The number of carbonyl (C=O) groups excluding carboxylic acids is 2. The molecule has 3 aliphatic rings. The van der Waals surface area contributed by atoms with Crippen LogP contribution in [-0.4, -0.2) is 51.9 Å². The normalized spacial score (nSPS) is 21.9. The fourth-order valence-corrected chi connectivity index (χ4v) is 5.97. The van der Waals surface area contributed by atoms with Crippen molar-refractivity contribution in [3.8, 4) is 11.1 Å². The third-order valence-electron chi connectivity index (χ3n) is 6.67. The molecule has 0 spiro atoms. The highest BCUT2D eigenvalue weighted by Gasteiger charge is 2.33. The second kappa shape index (κ2) is 11.0. The van der Waals surface area contributed by atoms with Crippen LogP contribution in [0.5, 0.6) is 0 Å². The Kier molecular flexibility index (Phi) is 7.45. The monoisotopic (exact) mass is 550 g/mol. The van der Waals surface area contributed by atoms with Crippen LogP contribution in [0.2, 0.25) is 0 Å². The SMILES string of the molecule is CC(=O)NC[C@H]1CN(c2ccc(-c3ccc(CNS(=O)(=O)C4=CC=CC5C=CC=NC45)cc3)c(F)c2)C(=O)O1. The van der Waals surface area contributed by atoms with Gasteiger partial charge in [-0.1, -0.05) is 42.5 Å². The number of halogens is 1. The first-order valence-electron chi connectivity index (χ1n) is 12.4. The summed E-state index contributed by atoms with van der Waals surface area (Å²) >= 11 is 0. The molecule has 2 aromatic rings. The van der Waals surface area contributed by atoms with Crippen LogP contribution in [0.15, 0.2) is 82.7 Å². The third kappa shape index (κ3) is 5.84. The largest absolute Gasteiger partial charge is 0.442 e. The summed E-state index contributed by atoms with van der Waals surface area (Å²) in [7, 11) is -3.76. The molecule has 202 valence electrons. The third-order valence-corrected chi connectivity index (χ3v) is 8.20. The Morgan fingerprint density at radius 2 is 1.92 bits per heavy atom. The van der Waals surface area contributed by atoms with Gasteiger partial charge in [0.25, 0.3) is 0 Å². The quantitative estimate of drug-likeness (QED) is 0.522. The number of benzene rings is 2. The molecule has 2 unspecified atom stereocenters. The highest BCUT2D eigenvalue weighted by atomic mass is 32.2. The molecule has 0 bridgehead atoms. The smallest absolute Gasteiger partial charge is 0.414 e. The summed E-state index contributed by atoms with van der Waals surface area (Å²) < 4.78 is 48.9. The minimum absolute atomic E-state index is 0.0682. The first-order chi connectivity index (χ1) is 18.7. The minimum atomic E-state index is -3.76. The number of nitrogens with zero attached hydrogens (tertiary/aromatic N) is 2. The van der Waals surface area contributed by atoms with E-state index in [2.05, 4.69) is 15.0 Å². The predicted octanol–water partition coefficient (Wildman–Crippen LogP) is 3.45. The second-order valence-corrected chi connectivity index (χ2v) is 11.2. The topological polar surface area (TPSA) is 117 Å². The Morgan fingerprint density at radius 1 is 1.15 bits per heavy atom. The number of hydrogen-bond donors (Lipinski definition) is 2. The first-order valence-corrected chi connectivity index (χ1v) is 13.9. The number of fused-ring (bicyclic) bond motifs is 1. The molecule has 2 N–H and O–H groups in total. The molecule has 1 aliphatic carbocycles. The summed E-state index contributed by atoms with van der Waals surface area (Å²) in [6, 6.07) is 10.9. The number of ether oxygens (including phenoxy) is 1. The average Bonchev–Trinajstić information content (AvgIpc) is 3.31. The van der Waals surface area contributed by atoms with Crippen LogP contribution < -0.4 is 14.9 Å². The minimum Gasteiger partial charge on any atom is -0.442 e. The first kappa shape index (κ1) is 26.5. The molecular formula is C28H27FN4O5S. The number of rotatable bonds is 8. The van der Waals surface area contributed by atoms with Gasteiger partial charge < -0.3 is 10.1 Å². The van der Waals surface area contributed by atoms with Crippen LogP contribution in [0.4, 0.5) is 14.9 Å². The van der Waals surface area contributed by atoms with Crippen LogP contribution in [0.1, 0.15) is 12.5 Å². The van der Waals surface area contributed by atoms with Gasteiger partial charge in [0.15, 0.2) is 0 Å². The number of cyclic esters (lactones) is 1. The highest BCUT2D eigenvalue weighted by Crippen LogP contribution is 2.31. The van der Waals surface area contributed by atoms with Crippen molar-refractivity contribution in [3.05, 3.63) is 89.1 Å². The van der Waals surface area contributed by atoms with Gasteiger partial charge in [-0.05, 0) is 41.5 Å². The Labute approximate surface area is 225 Å². The Hall–Kier alpha value is -4.09. The standard InChI is InChI=1S/C28H27FN4O5S/c1-18(34)31-16-23-17-33(28(35)38-23)22-11-12-24(25(29)14-22)20-9-7-19(8-10-20)15-32-39(36,37)26-6-2-4-21-5-3-13-30-27(21)26/h2-14,21,23,27,32H,15-17H2,1H3,(H,31,34)/t21?,23-,27?/m0/s1. The molecule has 0 radical (unpaired) electrons. The van der Waals surface area contributed by atoms with E-state index in [1.165, 1.54) is 17.9 Å². The molecule has 2 amide bonds. The zero-order chi connectivity index (χ0) is 27.6. The lowest BCUT2D eigenvalue weighted by Gasteiger charge is -2.25. The number of dihydropyridines is 1. The van der Waals surface area contributed by atoms with Crippen LogP contribution in [-0.2, 0) is 26.1 Å². The van der Waals surface area contributed by atoms with Crippen LogP contribution >= 0.6 is 0 Å². The summed E-state index contributed by atoms with van der Waals surface area (Å²) in [5.74, 6) is -0.839. The maximum atomic E-state index is 15.1. The fourth-order valence-electron chi connectivity index (χ4n) is 4.65.